The maximum Gasteiger partial charge on any atom is 0.123 e. The minimum absolute atomic E-state index is 0.490. The number of pyridine rings is 3. The molecule has 0 aliphatic rings. The molecular formula is C21H20N4. The molecule has 2 N–H and O–H groups in total. The molecule has 0 saturated carbocycles. The van der Waals surface area contributed by atoms with E-state index in [9.17, 15) is 0 Å². The lowest BCUT2D eigenvalue weighted by Crippen LogP contribution is -1.97. The summed E-state index contributed by atoms with van der Waals surface area (Å²) < 4.78 is 0. The highest BCUT2D eigenvalue weighted by molar-refractivity contribution is 5.73. The second-order valence-corrected chi connectivity index (χ2v) is 5.89. The maximum absolute atomic E-state index is 5.63. The zero-order valence-electron chi connectivity index (χ0n) is 14.7. The smallest absolute Gasteiger partial charge is 0.123 e. The van der Waals surface area contributed by atoms with Crippen molar-refractivity contribution in [2.24, 2.45) is 0 Å². The molecule has 0 saturated heterocycles. The highest BCUT2D eigenvalue weighted by Gasteiger charge is 2.10. The Bertz CT molecular complexity index is 943. The molecule has 0 aromatic carbocycles. The maximum atomic E-state index is 5.63. The molecule has 0 amide bonds. The van der Waals surface area contributed by atoms with Crippen molar-refractivity contribution in [1.29, 1.82) is 0 Å². The topological polar surface area (TPSA) is 64.7 Å². The van der Waals surface area contributed by atoms with Crippen molar-refractivity contribution in [2.45, 2.75) is 27.2 Å². The summed E-state index contributed by atoms with van der Waals surface area (Å²) in [6, 6.07) is 9.80. The van der Waals surface area contributed by atoms with Crippen LogP contribution in [0.25, 0.3) is 11.1 Å². The van der Waals surface area contributed by atoms with Crippen LogP contribution < -0.4 is 5.73 Å². The van der Waals surface area contributed by atoms with E-state index in [1.165, 1.54) is 0 Å². The van der Waals surface area contributed by atoms with Crippen molar-refractivity contribution in [3.63, 3.8) is 0 Å². The van der Waals surface area contributed by atoms with Gasteiger partial charge in [-0.15, -0.1) is 0 Å². The Morgan fingerprint density at radius 1 is 1.00 bits per heavy atom. The molecule has 3 aromatic heterocycles. The number of anilines is 1. The Hall–Kier alpha value is -3.19. The third-order valence-corrected chi connectivity index (χ3v) is 3.88. The van der Waals surface area contributed by atoms with Crippen LogP contribution in [0.3, 0.4) is 0 Å². The molecule has 0 fully saturated rings. The van der Waals surface area contributed by atoms with E-state index < -0.39 is 0 Å². The molecule has 0 aliphatic heterocycles. The molecule has 0 radical (unpaired) electrons. The minimum atomic E-state index is 0.490. The van der Waals surface area contributed by atoms with Crippen LogP contribution in [0.5, 0.6) is 0 Å². The predicted molar refractivity (Wildman–Crippen MR) is 101 cm³/mol. The lowest BCUT2D eigenvalue weighted by atomic mass is 9.97. The molecular weight excluding hydrogens is 308 g/mol. The molecule has 124 valence electrons. The van der Waals surface area contributed by atoms with Crippen molar-refractivity contribution in [3.05, 3.63) is 70.9 Å². The van der Waals surface area contributed by atoms with Gasteiger partial charge in [0.15, 0.2) is 0 Å². The molecule has 3 rings (SSSR count). The molecule has 0 bridgehead atoms. The summed E-state index contributed by atoms with van der Waals surface area (Å²) in [5.74, 6) is 6.96. The highest BCUT2D eigenvalue weighted by atomic mass is 14.8. The number of hydrogen-bond donors (Lipinski definition) is 1. The Kier molecular flexibility index (Phi) is 4.76. The molecule has 0 aliphatic carbocycles. The fourth-order valence-corrected chi connectivity index (χ4v) is 2.76. The van der Waals surface area contributed by atoms with Crippen molar-refractivity contribution in [3.8, 4) is 23.0 Å². The predicted octanol–water partition coefficient (Wildman–Crippen LogP) is 3.70. The van der Waals surface area contributed by atoms with Crippen molar-refractivity contribution >= 4 is 5.82 Å². The minimum Gasteiger partial charge on any atom is -0.384 e. The van der Waals surface area contributed by atoms with Gasteiger partial charge < -0.3 is 5.73 Å². The second-order valence-electron chi connectivity index (χ2n) is 5.89. The summed E-state index contributed by atoms with van der Waals surface area (Å²) >= 11 is 0. The molecule has 0 spiro atoms. The summed E-state index contributed by atoms with van der Waals surface area (Å²) in [5, 5.41) is 0. The summed E-state index contributed by atoms with van der Waals surface area (Å²) in [7, 11) is 0. The third-order valence-electron chi connectivity index (χ3n) is 3.88. The quantitative estimate of drug-likeness (QED) is 0.729. The molecule has 4 nitrogen and oxygen atoms in total. The Labute approximate surface area is 148 Å². The molecule has 0 unspecified atom stereocenters. The summed E-state index contributed by atoms with van der Waals surface area (Å²) in [5.41, 5.74) is 12.6. The number of aryl methyl sites for hydroxylation is 3. The normalized spacial score (nSPS) is 10.2. The van der Waals surface area contributed by atoms with Crippen LogP contribution in [0.2, 0.25) is 0 Å². The fourth-order valence-electron chi connectivity index (χ4n) is 2.76. The summed E-state index contributed by atoms with van der Waals surface area (Å²) in [6.07, 6.45) is 4.35. The molecule has 4 heteroatoms. The number of hydrogen-bond acceptors (Lipinski definition) is 4. The van der Waals surface area contributed by atoms with Gasteiger partial charge in [0.1, 0.15) is 5.82 Å². The molecule has 3 heterocycles. The first-order chi connectivity index (χ1) is 12.1. The molecule has 0 atom stereocenters. The van der Waals surface area contributed by atoms with Crippen LogP contribution in [-0.2, 0) is 6.42 Å². The lowest BCUT2D eigenvalue weighted by molar-refractivity contribution is 1.03. The summed E-state index contributed by atoms with van der Waals surface area (Å²) in [6.45, 7) is 6.10. The van der Waals surface area contributed by atoms with Crippen LogP contribution in [0.15, 0.2) is 42.7 Å². The van der Waals surface area contributed by atoms with Crippen LogP contribution in [0, 0.1) is 25.7 Å². The van der Waals surface area contributed by atoms with Gasteiger partial charge in [-0.3, -0.25) is 9.97 Å². The summed E-state index contributed by atoms with van der Waals surface area (Å²) in [4.78, 5) is 13.1. The van der Waals surface area contributed by atoms with Crippen LogP contribution in [0.4, 0.5) is 5.82 Å². The standard InChI is InChI=1S/C21H20N4/c1-4-20-19(7-5-16-6-8-21(22)24-13-16)18(9-10-23-20)17-11-14(2)25-15(3)12-17/h6,8-13H,4H2,1-3H3,(H2,22,24). The SMILES string of the molecule is CCc1nccc(-c2cc(C)nc(C)c2)c1C#Cc1ccc(N)nc1. The van der Waals surface area contributed by atoms with E-state index in [1.54, 1.807) is 12.3 Å². The van der Waals surface area contributed by atoms with E-state index >= 15 is 0 Å². The van der Waals surface area contributed by atoms with E-state index in [0.29, 0.717) is 5.82 Å². The second kappa shape index (κ2) is 7.14. The largest absolute Gasteiger partial charge is 0.384 e. The van der Waals surface area contributed by atoms with E-state index in [4.69, 9.17) is 5.73 Å². The number of aromatic nitrogens is 3. The van der Waals surface area contributed by atoms with Gasteiger partial charge in [0.2, 0.25) is 0 Å². The van der Waals surface area contributed by atoms with E-state index in [2.05, 4.69) is 45.8 Å². The molecule has 3 aromatic rings. The zero-order valence-corrected chi connectivity index (χ0v) is 14.7. The van der Waals surface area contributed by atoms with Crippen molar-refractivity contribution in [2.75, 3.05) is 5.73 Å². The fraction of sp³-hybridized carbons (Fsp3) is 0.190. The van der Waals surface area contributed by atoms with Crippen LogP contribution in [0.1, 0.15) is 35.1 Å². The Morgan fingerprint density at radius 3 is 2.40 bits per heavy atom. The average molecular weight is 328 g/mol. The first-order valence-corrected chi connectivity index (χ1v) is 8.24. The van der Waals surface area contributed by atoms with Gasteiger partial charge in [-0.2, -0.15) is 0 Å². The van der Waals surface area contributed by atoms with Crippen molar-refractivity contribution in [1.82, 2.24) is 15.0 Å². The number of nitrogens with two attached hydrogens (primary N) is 1. The van der Waals surface area contributed by atoms with E-state index in [0.717, 1.165) is 45.8 Å². The van der Waals surface area contributed by atoms with Gasteiger partial charge >= 0.3 is 0 Å². The van der Waals surface area contributed by atoms with Gasteiger partial charge in [-0.25, -0.2) is 4.98 Å². The highest BCUT2D eigenvalue weighted by Crippen LogP contribution is 2.26. The number of nitrogens with zero attached hydrogens (tertiary/aromatic N) is 3. The average Bonchev–Trinajstić information content (AvgIpc) is 2.60. The van der Waals surface area contributed by atoms with Gasteiger partial charge in [0.05, 0.1) is 11.3 Å². The van der Waals surface area contributed by atoms with Gasteiger partial charge in [0.25, 0.3) is 0 Å². The van der Waals surface area contributed by atoms with Crippen LogP contribution in [-0.4, -0.2) is 15.0 Å². The number of rotatable bonds is 2. The first kappa shape index (κ1) is 16.7. The molecule has 25 heavy (non-hydrogen) atoms. The number of nitrogen functional groups attached to an aromatic ring is 1. The van der Waals surface area contributed by atoms with Crippen LogP contribution >= 0.6 is 0 Å². The first-order valence-electron chi connectivity index (χ1n) is 8.24. The van der Waals surface area contributed by atoms with E-state index in [1.807, 2.05) is 32.2 Å². The third kappa shape index (κ3) is 3.84. The lowest BCUT2D eigenvalue weighted by Gasteiger charge is -2.10. The zero-order chi connectivity index (χ0) is 17.8. The van der Waals surface area contributed by atoms with Crippen molar-refractivity contribution < 1.29 is 0 Å². The Morgan fingerprint density at radius 2 is 1.76 bits per heavy atom. The Balaban J connectivity index is 2.13. The van der Waals surface area contributed by atoms with E-state index in [-0.39, 0.29) is 0 Å². The van der Waals surface area contributed by atoms with Gasteiger partial charge in [-0.1, -0.05) is 18.8 Å². The monoisotopic (exact) mass is 328 g/mol. The van der Waals surface area contributed by atoms with Gasteiger partial charge in [0, 0.05) is 34.9 Å². The van der Waals surface area contributed by atoms with Gasteiger partial charge in [-0.05, 0) is 56.2 Å².